The largest absolute Gasteiger partial charge is 0.393 e. The number of amides is 2. The van der Waals surface area contributed by atoms with Crippen LogP contribution in [0.2, 0.25) is 0 Å². The van der Waals surface area contributed by atoms with E-state index in [0.29, 0.717) is 12.8 Å². The van der Waals surface area contributed by atoms with Crippen molar-refractivity contribution < 1.29 is 14.4 Å². The maximum Gasteiger partial charge on any atom is 0.230 e. The first-order valence-electron chi connectivity index (χ1n) is 11.4. The van der Waals surface area contributed by atoms with Crippen LogP contribution in [0.1, 0.15) is 83.5 Å². The van der Waals surface area contributed by atoms with Gasteiger partial charge in [-0.3, -0.25) is 14.5 Å². The average molecular weight is 390 g/mol. The number of oxime groups is 1. The van der Waals surface area contributed by atoms with Gasteiger partial charge in [0.05, 0.1) is 12.8 Å². The van der Waals surface area contributed by atoms with Crippen molar-refractivity contribution in [3.05, 3.63) is 0 Å². The van der Waals surface area contributed by atoms with Gasteiger partial charge >= 0.3 is 0 Å². The van der Waals surface area contributed by atoms with Gasteiger partial charge in [0.1, 0.15) is 6.10 Å². The van der Waals surface area contributed by atoms with Crippen LogP contribution in [-0.4, -0.2) is 59.6 Å². The molecule has 0 atom stereocenters. The van der Waals surface area contributed by atoms with Crippen LogP contribution in [0.4, 0.5) is 0 Å². The van der Waals surface area contributed by atoms with Crippen molar-refractivity contribution in [1.29, 1.82) is 0 Å². The maximum atomic E-state index is 12.4. The van der Waals surface area contributed by atoms with Crippen molar-refractivity contribution >= 4 is 18.0 Å². The predicted molar refractivity (Wildman–Crippen MR) is 108 cm³/mol. The maximum absolute atomic E-state index is 12.4. The molecule has 0 aromatic rings. The van der Waals surface area contributed by atoms with E-state index in [9.17, 15) is 9.59 Å². The van der Waals surface area contributed by atoms with Gasteiger partial charge < -0.3 is 9.74 Å². The first kappa shape index (κ1) is 19.9. The Hall–Kier alpha value is -1.43. The summed E-state index contributed by atoms with van der Waals surface area (Å²) in [7, 11) is 0. The minimum Gasteiger partial charge on any atom is -0.393 e. The van der Waals surface area contributed by atoms with Gasteiger partial charge in [0, 0.05) is 32.0 Å². The molecule has 2 aliphatic carbocycles. The number of hydrogen-bond acceptors (Lipinski definition) is 5. The van der Waals surface area contributed by atoms with Gasteiger partial charge in [0.15, 0.2) is 0 Å². The molecule has 2 aliphatic heterocycles. The lowest BCUT2D eigenvalue weighted by atomic mass is 9.76. The monoisotopic (exact) mass is 389 g/mol. The summed E-state index contributed by atoms with van der Waals surface area (Å²) < 4.78 is 0. The van der Waals surface area contributed by atoms with Gasteiger partial charge in [-0.25, -0.2) is 0 Å². The second kappa shape index (κ2) is 8.93. The van der Waals surface area contributed by atoms with Crippen molar-refractivity contribution in [2.45, 2.75) is 95.6 Å². The van der Waals surface area contributed by atoms with Crippen LogP contribution in [0.5, 0.6) is 0 Å². The summed E-state index contributed by atoms with van der Waals surface area (Å²) in [4.78, 5) is 34.6. The molecule has 1 spiro atoms. The Balaban J connectivity index is 1.18. The number of rotatable bonds is 5. The number of carbonyl (C=O) groups is 2. The number of imide groups is 1. The molecule has 0 aromatic heterocycles. The third-order valence-electron chi connectivity index (χ3n) is 7.44. The number of carbonyl (C=O) groups excluding carboxylic acids is 2. The van der Waals surface area contributed by atoms with E-state index in [1.165, 1.54) is 37.0 Å². The van der Waals surface area contributed by atoms with E-state index in [2.05, 4.69) is 10.1 Å². The van der Waals surface area contributed by atoms with E-state index in [4.69, 9.17) is 4.84 Å². The van der Waals surface area contributed by atoms with E-state index in [-0.39, 0.29) is 29.9 Å². The topological polar surface area (TPSA) is 62.2 Å². The molecule has 2 saturated heterocycles. The fourth-order valence-corrected chi connectivity index (χ4v) is 5.75. The van der Waals surface area contributed by atoms with Crippen molar-refractivity contribution in [1.82, 2.24) is 9.80 Å². The Labute approximate surface area is 168 Å². The lowest BCUT2D eigenvalue weighted by Crippen LogP contribution is -2.47. The summed E-state index contributed by atoms with van der Waals surface area (Å²) in [6, 6.07) is 0.775. The van der Waals surface area contributed by atoms with E-state index < -0.39 is 0 Å². The second-order valence-corrected chi connectivity index (χ2v) is 9.38. The summed E-state index contributed by atoms with van der Waals surface area (Å²) in [6.45, 7) is 2.43. The first-order valence-corrected chi connectivity index (χ1v) is 11.4. The fourth-order valence-electron chi connectivity index (χ4n) is 5.75. The second-order valence-electron chi connectivity index (χ2n) is 9.38. The minimum atomic E-state index is -0.0371. The van der Waals surface area contributed by atoms with Crippen LogP contribution in [0.3, 0.4) is 0 Å². The summed E-state index contributed by atoms with van der Waals surface area (Å²) >= 11 is 0. The number of nitrogens with zero attached hydrogens (tertiary/aromatic N) is 3. The number of likely N-dealkylation sites (tertiary alicyclic amines) is 2. The number of piperidine rings is 2. The Kier molecular flexibility index (Phi) is 6.34. The highest BCUT2D eigenvalue weighted by atomic mass is 16.6. The minimum absolute atomic E-state index is 0.0367. The zero-order chi connectivity index (χ0) is 19.4. The molecular formula is C22H35N3O3. The molecule has 0 radical (unpaired) electrons. The van der Waals surface area contributed by atoms with E-state index >= 15 is 0 Å². The first-order chi connectivity index (χ1) is 13.7. The Morgan fingerprint density at radius 3 is 2.21 bits per heavy atom. The van der Waals surface area contributed by atoms with Crippen LogP contribution < -0.4 is 0 Å². The molecule has 4 aliphatic rings. The third kappa shape index (κ3) is 4.58. The van der Waals surface area contributed by atoms with Crippen molar-refractivity contribution in [3.63, 3.8) is 0 Å². The van der Waals surface area contributed by atoms with Crippen molar-refractivity contribution in [2.24, 2.45) is 10.6 Å². The molecule has 28 heavy (non-hydrogen) atoms. The molecule has 0 N–H and O–H groups in total. The summed E-state index contributed by atoms with van der Waals surface area (Å²) in [6.07, 6.45) is 16.0. The molecule has 6 heteroatoms. The summed E-state index contributed by atoms with van der Waals surface area (Å²) in [5.74, 6) is -0.0734. The smallest absolute Gasteiger partial charge is 0.230 e. The van der Waals surface area contributed by atoms with Gasteiger partial charge in [-0.1, -0.05) is 37.3 Å². The predicted octanol–water partition coefficient (Wildman–Crippen LogP) is 3.50. The van der Waals surface area contributed by atoms with Gasteiger partial charge in [-0.2, -0.15) is 0 Å². The highest BCUT2D eigenvalue weighted by Gasteiger charge is 2.44. The molecule has 0 bridgehead atoms. The number of hydrogen-bond donors (Lipinski definition) is 0. The van der Waals surface area contributed by atoms with Gasteiger partial charge in [0.2, 0.25) is 11.8 Å². The summed E-state index contributed by atoms with van der Waals surface area (Å²) in [5.41, 5.74) is -0.0371. The summed E-state index contributed by atoms with van der Waals surface area (Å²) in [5, 5.41) is 4.09. The molecule has 0 aromatic carbocycles. The van der Waals surface area contributed by atoms with Crippen LogP contribution >= 0.6 is 0 Å². The lowest BCUT2D eigenvalue weighted by molar-refractivity contribution is -0.152. The van der Waals surface area contributed by atoms with E-state index in [1.807, 2.05) is 0 Å². The van der Waals surface area contributed by atoms with Gasteiger partial charge in [-0.15, -0.1) is 0 Å². The molecule has 4 fully saturated rings. The zero-order valence-electron chi connectivity index (χ0n) is 17.1. The zero-order valence-corrected chi connectivity index (χ0v) is 17.1. The lowest BCUT2D eigenvalue weighted by Gasteiger charge is -2.38. The molecule has 0 unspecified atom stereocenters. The Bertz CT molecular complexity index is 566. The molecular weight excluding hydrogens is 354 g/mol. The normalized spacial score (nSPS) is 27.9. The van der Waals surface area contributed by atoms with Crippen LogP contribution in [0.25, 0.3) is 0 Å². The molecule has 6 nitrogen and oxygen atoms in total. The van der Waals surface area contributed by atoms with Crippen molar-refractivity contribution in [3.8, 4) is 0 Å². The molecule has 4 rings (SSSR count). The van der Waals surface area contributed by atoms with E-state index in [1.54, 1.807) is 6.21 Å². The fraction of sp³-hybridized carbons (Fsp3) is 0.864. The molecule has 2 heterocycles. The Morgan fingerprint density at radius 1 is 0.929 bits per heavy atom. The van der Waals surface area contributed by atoms with Crippen LogP contribution in [0.15, 0.2) is 5.16 Å². The van der Waals surface area contributed by atoms with Gasteiger partial charge in [-0.05, 0) is 43.9 Å². The highest BCUT2D eigenvalue weighted by molar-refractivity contribution is 6.00. The van der Waals surface area contributed by atoms with Gasteiger partial charge in [0.25, 0.3) is 0 Å². The Morgan fingerprint density at radius 2 is 1.57 bits per heavy atom. The van der Waals surface area contributed by atoms with E-state index in [0.717, 1.165) is 57.7 Å². The van der Waals surface area contributed by atoms with Crippen LogP contribution in [-0.2, 0) is 14.4 Å². The molecule has 156 valence electrons. The quantitative estimate of drug-likeness (QED) is 0.410. The SMILES string of the molecule is O=C1CC2(CCCC2)CC(=O)N1C/C=N/OC1CCN(C2CCCCC2)CC1. The standard InChI is InChI=1S/C22H35N3O3/c26-20-16-22(10-4-5-11-22)17-21(27)25(20)15-12-23-28-19-8-13-24(14-9-19)18-6-2-1-3-7-18/h12,18-19H,1-11,13-17H2/b23-12+. The van der Waals surface area contributed by atoms with Crippen LogP contribution in [0, 0.1) is 5.41 Å². The third-order valence-corrected chi connectivity index (χ3v) is 7.44. The molecule has 2 amide bonds. The molecule has 2 saturated carbocycles. The highest BCUT2D eigenvalue weighted by Crippen LogP contribution is 2.46. The van der Waals surface area contributed by atoms with Crippen molar-refractivity contribution in [2.75, 3.05) is 19.6 Å². The average Bonchev–Trinajstić information content (AvgIpc) is 3.15.